The van der Waals surface area contributed by atoms with Crippen LogP contribution in [0.25, 0.3) is 6.08 Å². The fraction of sp³-hybridized carbons (Fsp3) is 0.154. The Labute approximate surface area is 218 Å². The molecular weight excluding hydrogens is 511 g/mol. The molecule has 1 aliphatic rings. The van der Waals surface area contributed by atoms with E-state index in [4.69, 9.17) is 39.5 Å². The van der Waals surface area contributed by atoms with E-state index in [9.17, 15) is 4.79 Å². The van der Waals surface area contributed by atoms with E-state index in [2.05, 4.69) is 4.99 Å². The predicted octanol–water partition coefficient (Wildman–Crippen LogP) is 8.24. The lowest BCUT2D eigenvalue weighted by atomic mass is 10.2. The zero-order chi connectivity index (χ0) is 24.1. The van der Waals surface area contributed by atoms with Crippen LogP contribution < -0.4 is 4.74 Å². The van der Waals surface area contributed by atoms with E-state index in [1.54, 1.807) is 29.2 Å². The smallest absolute Gasteiger partial charge is 0.266 e. The SMILES string of the molecule is CCCN1C(=O)/C(=C/c2ccc(OCc3ccc(Cl)cc3)c(Cl)c2)SC1=Nc1ccc(Cl)cc1. The van der Waals surface area contributed by atoms with Crippen molar-refractivity contribution in [2.45, 2.75) is 20.0 Å². The highest BCUT2D eigenvalue weighted by Crippen LogP contribution is 2.35. The average molecular weight is 532 g/mol. The number of halogens is 3. The number of benzene rings is 3. The third-order valence-corrected chi connectivity index (χ3v) is 6.75. The van der Waals surface area contributed by atoms with Crippen LogP contribution in [0.4, 0.5) is 5.69 Å². The minimum Gasteiger partial charge on any atom is -0.487 e. The molecule has 34 heavy (non-hydrogen) atoms. The van der Waals surface area contributed by atoms with Crippen molar-refractivity contribution in [2.24, 2.45) is 4.99 Å². The molecule has 174 valence electrons. The normalized spacial score (nSPS) is 16.0. The maximum absolute atomic E-state index is 13.1. The van der Waals surface area contributed by atoms with Crippen LogP contribution in [0.3, 0.4) is 0 Å². The van der Waals surface area contributed by atoms with Crippen molar-refractivity contribution in [1.29, 1.82) is 0 Å². The number of rotatable bonds is 7. The number of hydrogen-bond acceptors (Lipinski definition) is 4. The Morgan fingerprint density at radius 3 is 2.29 bits per heavy atom. The number of carbonyl (C=O) groups is 1. The number of thioether (sulfide) groups is 1. The molecule has 1 heterocycles. The van der Waals surface area contributed by atoms with Crippen LogP contribution in [0, 0.1) is 0 Å². The van der Waals surface area contributed by atoms with Gasteiger partial charge >= 0.3 is 0 Å². The molecule has 0 radical (unpaired) electrons. The first-order valence-corrected chi connectivity index (χ1v) is 12.6. The van der Waals surface area contributed by atoms with Gasteiger partial charge in [-0.15, -0.1) is 0 Å². The molecule has 8 heteroatoms. The summed E-state index contributed by atoms with van der Waals surface area (Å²) in [7, 11) is 0. The first-order chi connectivity index (χ1) is 16.4. The molecule has 0 atom stereocenters. The molecule has 1 amide bonds. The standard InChI is InChI=1S/C26H21Cl3N2O2S/c1-2-13-31-25(32)24(34-26(31)30-21-10-8-20(28)9-11-21)15-18-5-12-23(22(29)14-18)33-16-17-3-6-19(27)7-4-17/h3-12,14-15H,2,13,16H2,1H3/b24-15-,30-26?. The van der Waals surface area contributed by atoms with Crippen molar-refractivity contribution in [1.82, 2.24) is 4.90 Å². The van der Waals surface area contributed by atoms with Crippen LogP contribution in [0.5, 0.6) is 5.75 Å². The fourth-order valence-electron chi connectivity index (χ4n) is 3.26. The van der Waals surface area contributed by atoms with Gasteiger partial charge in [0.1, 0.15) is 12.4 Å². The van der Waals surface area contributed by atoms with Gasteiger partial charge in [0.2, 0.25) is 0 Å². The lowest BCUT2D eigenvalue weighted by Crippen LogP contribution is -2.29. The molecular formula is C26H21Cl3N2O2S. The zero-order valence-electron chi connectivity index (χ0n) is 18.3. The van der Waals surface area contributed by atoms with Gasteiger partial charge in [0.15, 0.2) is 5.17 Å². The molecule has 0 spiro atoms. The summed E-state index contributed by atoms with van der Waals surface area (Å²) in [5.41, 5.74) is 2.54. The van der Waals surface area contributed by atoms with E-state index in [1.165, 1.54) is 11.8 Å². The summed E-state index contributed by atoms with van der Waals surface area (Å²) in [6.45, 7) is 3.00. The van der Waals surface area contributed by atoms with E-state index >= 15 is 0 Å². The second kappa shape index (κ2) is 11.3. The van der Waals surface area contributed by atoms with Gasteiger partial charge in [-0.1, -0.05) is 59.9 Å². The van der Waals surface area contributed by atoms with Gasteiger partial charge < -0.3 is 4.74 Å². The monoisotopic (exact) mass is 530 g/mol. The second-order valence-electron chi connectivity index (χ2n) is 7.54. The average Bonchev–Trinajstić information content (AvgIpc) is 3.10. The van der Waals surface area contributed by atoms with Crippen LogP contribution in [-0.2, 0) is 11.4 Å². The van der Waals surface area contributed by atoms with Gasteiger partial charge in [0.05, 0.1) is 15.6 Å². The number of amidine groups is 1. The summed E-state index contributed by atoms with van der Waals surface area (Å²) in [6, 6.07) is 20.1. The van der Waals surface area contributed by atoms with Crippen LogP contribution in [0.15, 0.2) is 76.6 Å². The maximum atomic E-state index is 13.1. The van der Waals surface area contributed by atoms with Gasteiger partial charge in [-0.25, -0.2) is 4.99 Å². The largest absolute Gasteiger partial charge is 0.487 e. The van der Waals surface area contributed by atoms with Crippen molar-refractivity contribution < 1.29 is 9.53 Å². The van der Waals surface area contributed by atoms with Gasteiger partial charge in [-0.2, -0.15) is 0 Å². The minimum atomic E-state index is -0.0706. The minimum absolute atomic E-state index is 0.0706. The molecule has 4 rings (SSSR count). The van der Waals surface area contributed by atoms with Crippen LogP contribution in [0.1, 0.15) is 24.5 Å². The first kappa shape index (κ1) is 24.7. The van der Waals surface area contributed by atoms with E-state index in [0.29, 0.717) is 44.0 Å². The summed E-state index contributed by atoms with van der Waals surface area (Å²) in [4.78, 5) is 20.0. The summed E-state index contributed by atoms with van der Waals surface area (Å²) in [6.07, 6.45) is 2.65. The highest BCUT2D eigenvalue weighted by Gasteiger charge is 2.32. The Kier molecular flexibility index (Phi) is 8.22. The Hall–Kier alpha value is -2.44. The Morgan fingerprint density at radius 1 is 0.971 bits per heavy atom. The van der Waals surface area contributed by atoms with Crippen molar-refractivity contribution >= 4 is 69.4 Å². The molecule has 1 fully saturated rings. The van der Waals surface area contributed by atoms with Crippen LogP contribution in [-0.4, -0.2) is 22.5 Å². The second-order valence-corrected chi connectivity index (χ2v) is 9.83. The number of aliphatic imine (C=N–C) groups is 1. The number of ether oxygens (including phenoxy) is 1. The third-order valence-electron chi connectivity index (χ3n) is 4.95. The highest BCUT2D eigenvalue weighted by atomic mass is 35.5. The third kappa shape index (κ3) is 6.16. The van der Waals surface area contributed by atoms with E-state index in [0.717, 1.165) is 23.2 Å². The van der Waals surface area contributed by atoms with Crippen molar-refractivity contribution in [3.8, 4) is 5.75 Å². The summed E-state index contributed by atoms with van der Waals surface area (Å²) in [5, 5.41) is 2.44. The van der Waals surface area contributed by atoms with Gasteiger partial charge in [0, 0.05) is 16.6 Å². The molecule has 1 aliphatic heterocycles. The number of nitrogens with zero attached hydrogens (tertiary/aromatic N) is 2. The molecule has 3 aromatic rings. The molecule has 0 bridgehead atoms. The molecule has 0 aliphatic carbocycles. The lowest BCUT2D eigenvalue weighted by molar-refractivity contribution is -0.122. The highest BCUT2D eigenvalue weighted by molar-refractivity contribution is 8.18. The molecule has 4 nitrogen and oxygen atoms in total. The molecule has 3 aromatic carbocycles. The Bertz CT molecular complexity index is 1240. The molecule has 0 N–H and O–H groups in total. The molecule has 0 unspecified atom stereocenters. The predicted molar refractivity (Wildman–Crippen MR) is 143 cm³/mol. The van der Waals surface area contributed by atoms with E-state index in [-0.39, 0.29) is 5.91 Å². The summed E-state index contributed by atoms with van der Waals surface area (Å²) in [5.74, 6) is 0.500. The van der Waals surface area contributed by atoms with Gasteiger partial charge in [-0.05, 0) is 83.9 Å². The Balaban J connectivity index is 1.51. The van der Waals surface area contributed by atoms with Crippen molar-refractivity contribution in [3.63, 3.8) is 0 Å². The fourth-order valence-corrected chi connectivity index (χ4v) is 4.78. The first-order valence-electron chi connectivity index (χ1n) is 10.7. The van der Waals surface area contributed by atoms with Gasteiger partial charge in [-0.3, -0.25) is 9.69 Å². The lowest BCUT2D eigenvalue weighted by Gasteiger charge is -2.13. The number of hydrogen-bond donors (Lipinski definition) is 0. The van der Waals surface area contributed by atoms with Crippen LogP contribution in [0.2, 0.25) is 15.1 Å². The summed E-state index contributed by atoms with van der Waals surface area (Å²) < 4.78 is 5.85. The Morgan fingerprint density at radius 2 is 1.65 bits per heavy atom. The molecule has 0 aromatic heterocycles. The molecule has 0 saturated carbocycles. The van der Waals surface area contributed by atoms with E-state index in [1.807, 2.05) is 55.5 Å². The zero-order valence-corrected chi connectivity index (χ0v) is 21.4. The van der Waals surface area contributed by atoms with Crippen molar-refractivity contribution in [2.75, 3.05) is 6.54 Å². The van der Waals surface area contributed by atoms with E-state index < -0.39 is 0 Å². The van der Waals surface area contributed by atoms with Crippen molar-refractivity contribution in [3.05, 3.63) is 97.8 Å². The van der Waals surface area contributed by atoms with Crippen LogP contribution >= 0.6 is 46.6 Å². The number of amides is 1. The molecule has 1 saturated heterocycles. The topological polar surface area (TPSA) is 41.9 Å². The van der Waals surface area contributed by atoms with Gasteiger partial charge in [0.25, 0.3) is 5.91 Å². The quantitative estimate of drug-likeness (QED) is 0.288. The summed E-state index contributed by atoms with van der Waals surface area (Å²) >= 11 is 19.7. The maximum Gasteiger partial charge on any atom is 0.266 e. The number of carbonyl (C=O) groups excluding carboxylic acids is 1.